The van der Waals surface area contributed by atoms with Crippen LogP contribution in [-0.4, -0.2) is 13.0 Å². The number of fused-ring (bicyclic) bond motifs is 1. The van der Waals surface area contributed by atoms with Gasteiger partial charge in [-0.05, 0) is 53.6 Å². The molecule has 0 aliphatic carbocycles. The Labute approximate surface area is 160 Å². The monoisotopic (exact) mass is 417 g/mol. The Kier molecular flexibility index (Phi) is 5.30. The number of carbonyl (C=O) groups is 1. The van der Waals surface area contributed by atoms with Crippen LogP contribution in [0.15, 0.2) is 53.0 Å². The summed E-state index contributed by atoms with van der Waals surface area (Å²) in [5.74, 6) is 0.590. The summed E-state index contributed by atoms with van der Waals surface area (Å²) in [5.41, 5.74) is 2.44. The number of rotatable bonds is 4. The van der Waals surface area contributed by atoms with Crippen LogP contribution in [0.5, 0.6) is 5.75 Å². The van der Waals surface area contributed by atoms with Gasteiger partial charge in [0.25, 0.3) is 0 Å². The zero-order valence-corrected chi connectivity index (χ0v) is 16.2. The van der Waals surface area contributed by atoms with Crippen molar-refractivity contribution in [1.29, 1.82) is 0 Å². The SMILES string of the molecule is COc1ccc2cc(Br)ccc2c1CC(=O)Nc1cccc(Cl)c1C. The second-order valence-electron chi connectivity index (χ2n) is 5.75. The van der Waals surface area contributed by atoms with Crippen molar-refractivity contribution in [3.8, 4) is 5.75 Å². The van der Waals surface area contributed by atoms with Crippen molar-refractivity contribution in [2.24, 2.45) is 0 Å². The molecule has 0 aliphatic rings. The summed E-state index contributed by atoms with van der Waals surface area (Å²) in [6.07, 6.45) is 0.216. The molecule has 3 rings (SSSR count). The fraction of sp³-hybridized carbons (Fsp3) is 0.150. The third kappa shape index (κ3) is 3.80. The molecular formula is C20H17BrClNO2. The van der Waals surface area contributed by atoms with Crippen molar-refractivity contribution in [1.82, 2.24) is 0 Å². The highest BCUT2D eigenvalue weighted by Gasteiger charge is 2.14. The van der Waals surface area contributed by atoms with Crippen LogP contribution in [-0.2, 0) is 11.2 Å². The maximum absolute atomic E-state index is 12.6. The predicted molar refractivity (Wildman–Crippen MR) is 107 cm³/mol. The van der Waals surface area contributed by atoms with E-state index in [0.717, 1.165) is 32.1 Å². The zero-order chi connectivity index (χ0) is 18.0. The van der Waals surface area contributed by atoms with Crippen LogP contribution in [0.25, 0.3) is 10.8 Å². The largest absolute Gasteiger partial charge is 0.496 e. The molecule has 3 aromatic rings. The molecule has 0 bridgehead atoms. The minimum Gasteiger partial charge on any atom is -0.496 e. The summed E-state index contributed by atoms with van der Waals surface area (Å²) >= 11 is 9.60. The number of carbonyl (C=O) groups excluding carboxylic acids is 1. The van der Waals surface area contributed by atoms with Gasteiger partial charge in [-0.15, -0.1) is 0 Å². The lowest BCUT2D eigenvalue weighted by Crippen LogP contribution is -2.16. The second-order valence-corrected chi connectivity index (χ2v) is 7.07. The average molecular weight is 419 g/mol. The molecule has 1 amide bonds. The Hall–Kier alpha value is -2.04. The first-order chi connectivity index (χ1) is 12.0. The fourth-order valence-corrected chi connectivity index (χ4v) is 3.37. The molecule has 0 fully saturated rings. The lowest BCUT2D eigenvalue weighted by Gasteiger charge is -2.14. The topological polar surface area (TPSA) is 38.3 Å². The van der Waals surface area contributed by atoms with E-state index in [1.807, 2.05) is 49.4 Å². The molecule has 1 N–H and O–H groups in total. The maximum atomic E-state index is 12.6. The molecular weight excluding hydrogens is 402 g/mol. The van der Waals surface area contributed by atoms with E-state index in [-0.39, 0.29) is 12.3 Å². The number of methoxy groups -OCH3 is 1. The molecule has 25 heavy (non-hydrogen) atoms. The van der Waals surface area contributed by atoms with Gasteiger partial charge in [0.1, 0.15) is 5.75 Å². The van der Waals surface area contributed by atoms with Gasteiger partial charge in [0.05, 0.1) is 13.5 Å². The lowest BCUT2D eigenvalue weighted by molar-refractivity contribution is -0.115. The van der Waals surface area contributed by atoms with Crippen LogP contribution in [0.3, 0.4) is 0 Å². The van der Waals surface area contributed by atoms with E-state index >= 15 is 0 Å². The normalized spacial score (nSPS) is 10.7. The van der Waals surface area contributed by atoms with E-state index in [1.165, 1.54) is 0 Å². The Bertz CT molecular complexity index is 956. The van der Waals surface area contributed by atoms with Crippen LogP contribution in [0.4, 0.5) is 5.69 Å². The van der Waals surface area contributed by atoms with Crippen LogP contribution in [0.1, 0.15) is 11.1 Å². The highest BCUT2D eigenvalue weighted by Crippen LogP contribution is 2.31. The number of hydrogen-bond donors (Lipinski definition) is 1. The fourth-order valence-electron chi connectivity index (χ4n) is 2.82. The Balaban J connectivity index is 1.93. The van der Waals surface area contributed by atoms with E-state index in [0.29, 0.717) is 10.8 Å². The first-order valence-electron chi connectivity index (χ1n) is 7.79. The first-order valence-corrected chi connectivity index (χ1v) is 8.97. The Morgan fingerprint density at radius 3 is 2.76 bits per heavy atom. The van der Waals surface area contributed by atoms with Crippen molar-refractivity contribution < 1.29 is 9.53 Å². The maximum Gasteiger partial charge on any atom is 0.228 e. The van der Waals surface area contributed by atoms with Gasteiger partial charge in [0.15, 0.2) is 0 Å². The van der Waals surface area contributed by atoms with Gasteiger partial charge in [-0.2, -0.15) is 0 Å². The van der Waals surface area contributed by atoms with Gasteiger partial charge in [0.2, 0.25) is 5.91 Å². The third-order valence-electron chi connectivity index (χ3n) is 4.15. The summed E-state index contributed by atoms with van der Waals surface area (Å²) in [4.78, 5) is 12.6. The highest BCUT2D eigenvalue weighted by molar-refractivity contribution is 9.10. The van der Waals surface area contributed by atoms with Gasteiger partial charge in [-0.25, -0.2) is 0 Å². The lowest BCUT2D eigenvalue weighted by atomic mass is 10.0. The standard InChI is InChI=1S/C20H17BrClNO2/c1-12-17(22)4-3-5-18(12)23-20(24)11-16-15-8-7-14(21)10-13(15)6-9-19(16)25-2/h3-10H,11H2,1-2H3,(H,23,24). The quantitative estimate of drug-likeness (QED) is 0.585. The van der Waals surface area contributed by atoms with Crippen LogP contribution in [0.2, 0.25) is 5.02 Å². The van der Waals surface area contributed by atoms with E-state index in [9.17, 15) is 4.79 Å². The predicted octanol–water partition coefficient (Wildman–Crippen LogP) is 5.75. The zero-order valence-electron chi connectivity index (χ0n) is 13.9. The van der Waals surface area contributed by atoms with Crippen LogP contribution in [0, 0.1) is 6.92 Å². The third-order valence-corrected chi connectivity index (χ3v) is 5.05. The molecule has 0 saturated heterocycles. The number of anilines is 1. The molecule has 0 radical (unpaired) electrons. The van der Waals surface area contributed by atoms with Crippen LogP contribution < -0.4 is 10.1 Å². The number of amides is 1. The number of benzene rings is 3. The number of ether oxygens (including phenoxy) is 1. The molecule has 128 valence electrons. The molecule has 0 spiro atoms. The van der Waals surface area contributed by atoms with Crippen molar-refractivity contribution in [3.05, 3.63) is 69.2 Å². The summed E-state index contributed by atoms with van der Waals surface area (Å²) in [5, 5.41) is 5.62. The van der Waals surface area contributed by atoms with Crippen molar-refractivity contribution in [2.75, 3.05) is 12.4 Å². The summed E-state index contributed by atoms with van der Waals surface area (Å²) in [6, 6.07) is 15.3. The van der Waals surface area contributed by atoms with Crippen LogP contribution >= 0.6 is 27.5 Å². The van der Waals surface area contributed by atoms with Gasteiger partial charge in [0, 0.05) is 20.7 Å². The number of hydrogen-bond acceptors (Lipinski definition) is 2. The van der Waals surface area contributed by atoms with E-state index < -0.39 is 0 Å². The van der Waals surface area contributed by atoms with E-state index in [4.69, 9.17) is 16.3 Å². The molecule has 0 aliphatic heterocycles. The molecule has 0 unspecified atom stereocenters. The molecule has 3 aromatic carbocycles. The van der Waals surface area contributed by atoms with Gasteiger partial charge in [-0.3, -0.25) is 4.79 Å². The number of halogens is 2. The van der Waals surface area contributed by atoms with Gasteiger partial charge >= 0.3 is 0 Å². The molecule has 5 heteroatoms. The van der Waals surface area contributed by atoms with E-state index in [2.05, 4.69) is 21.2 Å². The first kappa shape index (κ1) is 17.8. The van der Waals surface area contributed by atoms with Crippen molar-refractivity contribution in [3.63, 3.8) is 0 Å². The summed E-state index contributed by atoms with van der Waals surface area (Å²) < 4.78 is 6.46. The minimum absolute atomic E-state index is 0.112. The molecule has 3 nitrogen and oxygen atoms in total. The second kappa shape index (κ2) is 7.46. The average Bonchev–Trinajstić information content (AvgIpc) is 2.59. The highest BCUT2D eigenvalue weighted by atomic mass is 79.9. The number of nitrogens with one attached hydrogen (secondary N) is 1. The molecule has 0 aromatic heterocycles. The smallest absolute Gasteiger partial charge is 0.228 e. The van der Waals surface area contributed by atoms with Gasteiger partial charge < -0.3 is 10.1 Å². The Morgan fingerprint density at radius 1 is 1.20 bits per heavy atom. The van der Waals surface area contributed by atoms with Gasteiger partial charge in [-0.1, -0.05) is 45.7 Å². The molecule has 0 heterocycles. The van der Waals surface area contributed by atoms with Crippen molar-refractivity contribution in [2.45, 2.75) is 13.3 Å². The van der Waals surface area contributed by atoms with E-state index in [1.54, 1.807) is 13.2 Å². The van der Waals surface area contributed by atoms with Crippen molar-refractivity contribution >= 4 is 49.9 Å². The summed E-state index contributed by atoms with van der Waals surface area (Å²) in [6.45, 7) is 1.88. The molecule has 0 saturated carbocycles. The summed E-state index contributed by atoms with van der Waals surface area (Å²) in [7, 11) is 1.61. The Morgan fingerprint density at radius 2 is 2.00 bits per heavy atom. The minimum atomic E-state index is -0.112. The molecule has 0 atom stereocenters.